The summed E-state index contributed by atoms with van der Waals surface area (Å²) >= 11 is 0. The summed E-state index contributed by atoms with van der Waals surface area (Å²) in [6, 6.07) is 7.37. The maximum Gasteiger partial charge on any atom is 0.394 e. The minimum absolute atomic E-state index is 0.332. The van der Waals surface area contributed by atoms with Gasteiger partial charge in [0.15, 0.2) is 0 Å². The van der Waals surface area contributed by atoms with Gasteiger partial charge in [0.1, 0.15) is 0 Å². The Balaban J connectivity index is 1.93. The molecule has 2 atom stereocenters. The van der Waals surface area contributed by atoms with Gasteiger partial charge in [-0.3, -0.25) is 9.59 Å². The number of halogens is 3. The molecular formula is C19H22F3NO4. The zero-order valence-electron chi connectivity index (χ0n) is 15.0. The Labute approximate surface area is 155 Å². The number of carbonyl (C=O) groups excluding carboxylic acids is 1. The molecule has 2 heterocycles. The number of alkyl halides is 3. The molecule has 2 aliphatic heterocycles. The second-order valence-electron chi connectivity index (χ2n) is 7.36. The molecule has 0 spiro atoms. The van der Waals surface area contributed by atoms with Gasteiger partial charge in [0, 0.05) is 26.3 Å². The lowest BCUT2D eigenvalue weighted by Crippen LogP contribution is -2.49. The Morgan fingerprint density at radius 1 is 1.15 bits per heavy atom. The van der Waals surface area contributed by atoms with E-state index in [1.165, 1.54) is 0 Å². The Bertz CT molecular complexity index is 711. The van der Waals surface area contributed by atoms with Gasteiger partial charge in [-0.2, -0.15) is 13.2 Å². The number of aryl methyl sites for hydroxylation is 1. The van der Waals surface area contributed by atoms with Crippen LogP contribution in [0, 0.1) is 18.8 Å². The highest BCUT2D eigenvalue weighted by molar-refractivity contribution is 5.89. The first kappa shape index (κ1) is 19.7. The highest BCUT2D eigenvalue weighted by Crippen LogP contribution is 2.42. The van der Waals surface area contributed by atoms with Gasteiger partial charge in [0.05, 0.1) is 17.3 Å². The number of rotatable bonds is 3. The molecule has 27 heavy (non-hydrogen) atoms. The fourth-order valence-electron chi connectivity index (χ4n) is 4.07. The van der Waals surface area contributed by atoms with Gasteiger partial charge in [-0.1, -0.05) is 29.8 Å². The van der Waals surface area contributed by atoms with E-state index in [0.29, 0.717) is 26.1 Å². The van der Waals surface area contributed by atoms with Crippen molar-refractivity contribution in [2.45, 2.75) is 31.4 Å². The molecule has 1 N–H and O–H groups in total. The summed E-state index contributed by atoms with van der Waals surface area (Å²) < 4.78 is 45.2. The molecule has 2 saturated heterocycles. The standard InChI is InChI=1S/C19H22F3NO4/c1-12-2-4-13(5-3-12)18(6-8-27-9-7-18)17(26)23-10-14(16(24)25)15(11-23)19(20,21)22/h2-5,14-15H,6-11H2,1H3,(H,24,25)/t14-,15-/m1/s1. The smallest absolute Gasteiger partial charge is 0.394 e. The van der Waals surface area contributed by atoms with E-state index >= 15 is 0 Å². The number of benzene rings is 1. The van der Waals surface area contributed by atoms with Crippen LogP contribution in [0.5, 0.6) is 0 Å². The van der Waals surface area contributed by atoms with Crippen LogP contribution in [0.25, 0.3) is 0 Å². The normalized spacial score (nSPS) is 25.4. The van der Waals surface area contributed by atoms with Gasteiger partial charge < -0.3 is 14.7 Å². The van der Waals surface area contributed by atoms with Crippen molar-refractivity contribution in [2.24, 2.45) is 11.8 Å². The van der Waals surface area contributed by atoms with E-state index in [2.05, 4.69) is 0 Å². The number of aliphatic carboxylic acids is 1. The Hall–Kier alpha value is -2.09. The van der Waals surface area contributed by atoms with Crippen LogP contribution in [0.1, 0.15) is 24.0 Å². The maximum absolute atomic E-state index is 13.4. The third-order valence-electron chi connectivity index (χ3n) is 5.70. The number of hydrogen-bond donors (Lipinski definition) is 1. The first-order valence-corrected chi connectivity index (χ1v) is 8.89. The molecule has 1 amide bonds. The zero-order chi connectivity index (χ0) is 19.8. The van der Waals surface area contributed by atoms with E-state index in [9.17, 15) is 27.9 Å². The van der Waals surface area contributed by atoms with Crippen LogP contribution in [0.3, 0.4) is 0 Å². The summed E-state index contributed by atoms with van der Waals surface area (Å²) in [6.07, 6.45) is -3.94. The largest absolute Gasteiger partial charge is 0.481 e. The molecule has 5 nitrogen and oxygen atoms in total. The minimum atomic E-state index is -4.66. The van der Waals surface area contributed by atoms with Gasteiger partial charge >= 0.3 is 12.1 Å². The van der Waals surface area contributed by atoms with E-state index in [4.69, 9.17) is 4.74 Å². The quantitative estimate of drug-likeness (QED) is 0.869. The van der Waals surface area contributed by atoms with Crippen molar-refractivity contribution < 1.29 is 32.6 Å². The van der Waals surface area contributed by atoms with Crippen molar-refractivity contribution in [1.82, 2.24) is 4.90 Å². The van der Waals surface area contributed by atoms with Crippen LogP contribution < -0.4 is 0 Å². The van der Waals surface area contributed by atoms with Crippen LogP contribution in [0.15, 0.2) is 24.3 Å². The van der Waals surface area contributed by atoms with E-state index in [-0.39, 0.29) is 0 Å². The SMILES string of the molecule is Cc1ccc(C2(C(=O)N3C[C@@H](C(F)(F)F)[C@H](C(=O)O)C3)CCOCC2)cc1. The van der Waals surface area contributed by atoms with Gasteiger partial charge in [0.2, 0.25) is 5.91 Å². The van der Waals surface area contributed by atoms with E-state index < -0.39 is 48.4 Å². The van der Waals surface area contributed by atoms with Gasteiger partial charge in [-0.15, -0.1) is 0 Å². The molecule has 0 unspecified atom stereocenters. The first-order valence-electron chi connectivity index (χ1n) is 8.89. The number of amides is 1. The predicted octanol–water partition coefficient (Wildman–Crippen LogP) is 2.76. The van der Waals surface area contributed by atoms with Crippen LogP contribution in [-0.4, -0.2) is 54.4 Å². The summed E-state index contributed by atoms with van der Waals surface area (Å²) in [4.78, 5) is 25.8. The summed E-state index contributed by atoms with van der Waals surface area (Å²) in [7, 11) is 0. The highest BCUT2D eigenvalue weighted by Gasteiger charge is 2.56. The molecule has 2 fully saturated rings. The lowest BCUT2D eigenvalue weighted by atomic mass is 9.73. The number of nitrogens with zero attached hydrogens (tertiary/aromatic N) is 1. The summed E-state index contributed by atoms with van der Waals surface area (Å²) in [5.74, 6) is -5.64. The van der Waals surface area contributed by atoms with E-state index in [1.807, 2.05) is 31.2 Å². The van der Waals surface area contributed by atoms with Crippen molar-refractivity contribution >= 4 is 11.9 Å². The molecule has 1 aromatic carbocycles. The van der Waals surface area contributed by atoms with Crippen LogP contribution in [-0.2, 0) is 19.7 Å². The third-order valence-corrected chi connectivity index (χ3v) is 5.70. The van der Waals surface area contributed by atoms with Crippen LogP contribution in [0.4, 0.5) is 13.2 Å². The van der Waals surface area contributed by atoms with Crippen LogP contribution >= 0.6 is 0 Å². The Kier molecular flexibility index (Phi) is 5.20. The second-order valence-corrected chi connectivity index (χ2v) is 7.36. The first-order chi connectivity index (χ1) is 12.6. The summed E-state index contributed by atoms with van der Waals surface area (Å²) in [6.45, 7) is 1.53. The highest BCUT2D eigenvalue weighted by atomic mass is 19.4. The number of carboxylic acids is 1. The molecule has 8 heteroatoms. The molecule has 1 aromatic rings. The topological polar surface area (TPSA) is 66.8 Å². The lowest BCUT2D eigenvalue weighted by Gasteiger charge is -2.39. The fourth-order valence-corrected chi connectivity index (χ4v) is 4.07. The van der Waals surface area contributed by atoms with E-state index in [0.717, 1.165) is 16.0 Å². The molecular weight excluding hydrogens is 363 g/mol. The number of hydrogen-bond acceptors (Lipinski definition) is 3. The average Bonchev–Trinajstić information content (AvgIpc) is 3.08. The molecule has 2 aliphatic rings. The fraction of sp³-hybridized carbons (Fsp3) is 0.579. The molecule has 0 aliphatic carbocycles. The Morgan fingerprint density at radius 2 is 1.74 bits per heavy atom. The average molecular weight is 385 g/mol. The molecule has 0 aromatic heterocycles. The summed E-state index contributed by atoms with van der Waals surface area (Å²) in [5.41, 5.74) is 0.775. The predicted molar refractivity (Wildman–Crippen MR) is 90.2 cm³/mol. The van der Waals surface area contributed by atoms with Gasteiger partial charge in [0.25, 0.3) is 0 Å². The number of carbonyl (C=O) groups is 2. The van der Waals surface area contributed by atoms with Crippen molar-refractivity contribution in [1.29, 1.82) is 0 Å². The number of carboxylic acid groups (broad SMARTS) is 1. The maximum atomic E-state index is 13.4. The third kappa shape index (κ3) is 3.67. The molecule has 0 bridgehead atoms. The Morgan fingerprint density at radius 3 is 2.22 bits per heavy atom. The van der Waals surface area contributed by atoms with Gasteiger partial charge in [-0.05, 0) is 25.3 Å². The molecule has 3 rings (SSSR count). The monoisotopic (exact) mass is 385 g/mol. The van der Waals surface area contributed by atoms with Gasteiger partial charge in [-0.25, -0.2) is 0 Å². The van der Waals surface area contributed by atoms with Crippen LogP contribution in [0.2, 0.25) is 0 Å². The second kappa shape index (κ2) is 7.14. The molecule has 0 radical (unpaired) electrons. The zero-order valence-corrected chi connectivity index (χ0v) is 15.0. The molecule has 148 valence electrons. The molecule has 0 saturated carbocycles. The van der Waals surface area contributed by atoms with Crippen molar-refractivity contribution in [3.8, 4) is 0 Å². The number of likely N-dealkylation sites (tertiary alicyclic amines) is 1. The summed E-state index contributed by atoms with van der Waals surface area (Å²) in [5, 5.41) is 9.21. The lowest BCUT2D eigenvalue weighted by molar-refractivity contribution is -0.188. The minimum Gasteiger partial charge on any atom is -0.481 e. The number of ether oxygens (including phenoxy) is 1. The van der Waals surface area contributed by atoms with Crippen molar-refractivity contribution in [3.05, 3.63) is 35.4 Å². The van der Waals surface area contributed by atoms with Crippen molar-refractivity contribution in [3.63, 3.8) is 0 Å². The van der Waals surface area contributed by atoms with Crippen molar-refractivity contribution in [2.75, 3.05) is 26.3 Å². The van der Waals surface area contributed by atoms with E-state index in [1.54, 1.807) is 0 Å².